The second kappa shape index (κ2) is 12.9. The van der Waals surface area contributed by atoms with Crippen LogP contribution in [0.1, 0.15) is 27.4 Å². The Morgan fingerprint density at radius 1 is 1.00 bits per heavy atom. The van der Waals surface area contributed by atoms with E-state index in [1.165, 1.54) is 12.1 Å². The maximum atomic E-state index is 13.6. The molecule has 2 amide bonds. The van der Waals surface area contributed by atoms with Gasteiger partial charge in [-0.3, -0.25) is 14.5 Å². The number of hydrogen-bond donors (Lipinski definition) is 0. The zero-order chi connectivity index (χ0) is 26.2. The Labute approximate surface area is 221 Å². The van der Waals surface area contributed by atoms with Gasteiger partial charge in [-0.05, 0) is 55.0 Å². The zero-order valence-electron chi connectivity index (χ0n) is 20.9. The minimum atomic E-state index is -0.343. The largest absolute Gasteiger partial charge is 0.464 e. The fourth-order valence-electron chi connectivity index (χ4n) is 4.21. The number of carbonyl (C=O) groups excluding carboxylic acids is 2. The van der Waals surface area contributed by atoms with Crippen LogP contribution in [0.25, 0.3) is 0 Å². The number of morpholine rings is 1. The molecule has 0 saturated carbocycles. The summed E-state index contributed by atoms with van der Waals surface area (Å²) in [5.74, 6) is 0.529. The van der Waals surface area contributed by atoms with Crippen molar-refractivity contribution in [3.8, 4) is 0 Å². The highest BCUT2D eigenvalue weighted by molar-refractivity contribution is 6.31. The molecule has 9 heteroatoms. The number of halogens is 2. The van der Waals surface area contributed by atoms with E-state index >= 15 is 0 Å². The molecule has 7 nitrogen and oxygen atoms in total. The van der Waals surface area contributed by atoms with Crippen LogP contribution in [0.5, 0.6) is 0 Å². The lowest BCUT2D eigenvalue weighted by Crippen LogP contribution is -2.47. The molecule has 0 aliphatic carbocycles. The van der Waals surface area contributed by atoms with E-state index < -0.39 is 0 Å². The van der Waals surface area contributed by atoms with Crippen molar-refractivity contribution in [2.75, 3.05) is 45.9 Å². The fourth-order valence-corrected chi connectivity index (χ4v) is 4.40. The van der Waals surface area contributed by atoms with E-state index in [9.17, 15) is 14.0 Å². The van der Waals surface area contributed by atoms with E-state index in [2.05, 4.69) is 4.90 Å². The summed E-state index contributed by atoms with van der Waals surface area (Å²) >= 11 is 6.14. The zero-order valence-corrected chi connectivity index (χ0v) is 21.6. The molecule has 2 aromatic carbocycles. The van der Waals surface area contributed by atoms with Crippen LogP contribution in [-0.2, 0) is 22.6 Å². The second-order valence-corrected chi connectivity index (χ2v) is 9.52. The molecule has 1 aliphatic heterocycles. The Kier molecular flexibility index (Phi) is 9.33. The SMILES string of the molecule is Cc1ccc(CN(Cc2ccc(F)cc2)C(=O)CN(CCN2CCOCC2)C(=O)c2cccc(Cl)c2)o1. The van der Waals surface area contributed by atoms with Gasteiger partial charge in [-0.2, -0.15) is 0 Å². The Balaban J connectivity index is 1.53. The first-order valence-electron chi connectivity index (χ1n) is 12.3. The van der Waals surface area contributed by atoms with Crippen LogP contribution in [0.4, 0.5) is 4.39 Å². The van der Waals surface area contributed by atoms with Crippen molar-refractivity contribution in [3.63, 3.8) is 0 Å². The third kappa shape index (κ3) is 7.89. The molecule has 0 spiro atoms. The van der Waals surface area contributed by atoms with Gasteiger partial charge in [0.05, 0.1) is 19.8 Å². The number of rotatable bonds is 10. The molecule has 0 N–H and O–H groups in total. The summed E-state index contributed by atoms with van der Waals surface area (Å²) in [6.45, 7) is 6.06. The number of amides is 2. The van der Waals surface area contributed by atoms with Crippen molar-refractivity contribution in [1.29, 1.82) is 0 Å². The van der Waals surface area contributed by atoms with Crippen molar-refractivity contribution in [2.45, 2.75) is 20.0 Å². The molecule has 3 aromatic rings. The average Bonchev–Trinajstić information content (AvgIpc) is 3.32. The summed E-state index contributed by atoms with van der Waals surface area (Å²) in [6, 6.07) is 16.4. The van der Waals surface area contributed by atoms with Crippen LogP contribution in [0.2, 0.25) is 5.02 Å². The second-order valence-electron chi connectivity index (χ2n) is 9.08. The third-order valence-electron chi connectivity index (χ3n) is 6.26. The van der Waals surface area contributed by atoms with Crippen molar-refractivity contribution in [3.05, 3.63) is 94.2 Å². The van der Waals surface area contributed by atoms with Crippen LogP contribution in [0.15, 0.2) is 65.1 Å². The monoisotopic (exact) mass is 527 g/mol. The Morgan fingerprint density at radius 2 is 1.76 bits per heavy atom. The van der Waals surface area contributed by atoms with Gasteiger partial charge in [-0.15, -0.1) is 0 Å². The van der Waals surface area contributed by atoms with Crippen molar-refractivity contribution in [2.24, 2.45) is 0 Å². The number of benzene rings is 2. The van der Waals surface area contributed by atoms with Crippen LogP contribution in [-0.4, -0.2) is 72.5 Å². The van der Waals surface area contributed by atoms with E-state index in [0.29, 0.717) is 42.6 Å². The van der Waals surface area contributed by atoms with Gasteiger partial charge in [0, 0.05) is 43.3 Å². The highest BCUT2D eigenvalue weighted by Crippen LogP contribution is 2.16. The fraction of sp³-hybridized carbons (Fsp3) is 0.357. The van der Waals surface area contributed by atoms with Crippen LogP contribution >= 0.6 is 11.6 Å². The summed E-state index contributed by atoms with van der Waals surface area (Å²) in [5.41, 5.74) is 1.20. The Bertz CT molecular complexity index is 1190. The van der Waals surface area contributed by atoms with Gasteiger partial charge in [-0.1, -0.05) is 29.8 Å². The molecule has 196 valence electrons. The average molecular weight is 528 g/mol. The first kappa shape index (κ1) is 26.9. The van der Waals surface area contributed by atoms with Gasteiger partial charge < -0.3 is 19.0 Å². The number of nitrogens with zero attached hydrogens (tertiary/aromatic N) is 3. The van der Waals surface area contributed by atoms with Gasteiger partial charge in [-0.25, -0.2) is 4.39 Å². The van der Waals surface area contributed by atoms with Crippen LogP contribution < -0.4 is 0 Å². The van der Waals surface area contributed by atoms with E-state index in [-0.39, 0.29) is 37.3 Å². The maximum absolute atomic E-state index is 13.6. The van der Waals surface area contributed by atoms with Crippen molar-refractivity contribution >= 4 is 23.4 Å². The topological polar surface area (TPSA) is 66.2 Å². The molecule has 0 bridgehead atoms. The quantitative estimate of drug-likeness (QED) is 0.391. The first-order chi connectivity index (χ1) is 17.9. The summed E-state index contributed by atoms with van der Waals surface area (Å²) in [6.07, 6.45) is 0. The normalized spacial score (nSPS) is 13.9. The standard InChI is InChI=1S/C28H31ClFN3O4/c1-21-5-10-26(37-21)19-33(18-22-6-8-25(30)9-7-22)27(34)20-32(12-11-31-13-15-36-16-14-31)28(35)23-3-2-4-24(29)17-23/h2-10,17H,11-16,18-20H2,1H3. The minimum Gasteiger partial charge on any atom is -0.464 e. The first-order valence-corrected chi connectivity index (χ1v) is 12.7. The molecule has 37 heavy (non-hydrogen) atoms. The Hall–Kier alpha value is -3.20. The maximum Gasteiger partial charge on any atom is 0.254 e. The van der Waals surface area contributed by atoms with E-state index in [0.717, 1.165) is 24.4 Å². The van der Waals surface area contributed by atoms with Gasteiger partial charge >= 0.3 is 0 Å². The Morgan fingerprint density at radius 3 is 2.43 bits per heavy atom. The molecule has 1 aromatic heterocycles. The molecule has 1 aliphatic rings. The summed E-state index contributed by atoms with van der Waals surface area (Å²) in [5, 5.41) is 0.455. The number of aryl methyl sites for hydroxylation is 1. The molecule has 1 saturated heterocycles. The van der Waals surface area contributed by atoms with Crippen LogP contribution in [0.3, 0.4) is 0 Å². The smallest absolute Gasteiger partial charge is 0.254 e. The van der Waals surface area contributed by atoms with E-state index in [1.54, 1.807) is 46.2 Å². The summed E-state index contributed by atoms with van der Waals surface area (Å²) in [7, 11) is 0. The molecule has 0 radical (unpaired) electrons. The summed E-state index contributed by atoms with van der Waals surface area (Å²) < 4.78 is 24.6. The molecule has 2 heterocycles. The third-order valence-corrected chi connectivity index (χ3v) is 6.49. The van der Waals surface area contributed by atoms with Crippen molar-refractivity contribution < 1.29 is 23.1 Å². The highest BCUT2D eigenvalue weighted by Gasteiger charge is 2.25. The van der Waals surface area contributed by atoms with Gasteiger partial charge in [0.2, 0.25) is 5.91 Å². The molecular weight excluding hydrogens is 497 g/mol. The highest BCUT2D eigenvalue weighted by atomic mass is 35.5. The number of hydrogen-bond acceptors (Lipinski definition) is 5. The lowest BCUT2D eigenvalue weighted by Gasteiger charge is -2.31. The van der Waals surface area contributed by atoms with Gasteiger partial charge in [0.1, 0.15) is 23.9 Å². The predicted octanol–water partition coefficient (Wildman–Crippen LogP) is 4.38. The molecule has 0 unspecified atom stereocenters. The van der Waals surface area contributed by atoms with Gasteiger partial charge in [0.25, 0.3) is 5.91 Å². The number of carbonyl (C=O) groups is 2. The molecule has 1 fully saturated rings. The summed E-state index contributed by atoms with van der Waals surface area (Å²) in [4.78, 5) is 32.5. The molecular formula is C28H31ClFN3O4. The predicted molar refractivity (Wildman–Crippen MR) is 139 cm³/mol. The molecule has 0 atom stereocenters. The van der Waals surface area contributed by atoms with Crippen molar-refractivity contribution in [1.82, 2.24) is 14.7 Å². The minimum absolute atomic E-state index is 0.115. The molecule has 4 rings (SSSR count). The van der Waals surface area contributed by atoms with Crippen LogP contribution in [0, 0.1) is 12.7 Å². The number of furan rings is 1. The van der Waals surface area contributed by atoms with E-state index in [4.69, 9.17) is 20.8 Å². The number of ether oxygens (including phenoxy) is 1. The lowest BCUT2D eigenvalue weighted by molar-refractivity contribution is -0.133. The lowest BCUT2D eigenvalue weighted by atomic mass is 10.2. The van der Waals surface area contributed by atoms with Gasteiger partial charge in [0.15, 0.2) is 0 Å². The van der Waals surface area contributed by atoms with E-state index in [1.807, 2.05) is 19.1 Å².